The number of benzene rings is 2. The average Bonchev–Trinajstić information content (AvgIpc) is 2.83. The second-order valence-corrected chi connectivity index (χ2v) is 8.00. The van der Waals surface area contributed by atoms with Crippen LogP contribution in [0.2, 0.25) is 0 Å². The third-order valence-corrected chi connectivity index (χ3v) is 5.50. The number of nitrogens with zero attached hydrogens (tertiary/aromatic N) is 2. The summed E-state index contributed by atoms with van der Waals surface area (Å²) in [6.07, 6.45) is 7.80. The van der Waals surface area contributed by atoms with E-state index in [1.807, 2.05) is 0 Å². The summed E-state index contributed by atoms with van der Waals surface area (Å²) in [6, 6.07) is 14.6. The van der Waals surface area contributed by atoms with Gasteiger partial charge in [0.15, 0.2) is 11.6 Å². The lowest BCUT2D eigenvalue weighted by Crippen LogP contribution is -2.43. The Balaban J connectivity index is 1.24. The number of amides is 1. The third kappa shape index (κ3) is 6.70. The third-order valence-electron chi connectivity index (χ3n) is 5.50. The molecule has 7 heteroatoms. The lowest BCUT2D eigenvalue weighted by molar-refractivity contribution is -0.117. The Kier molecular flexibility index (Phi) is 7.42. The van der Waals surface area contributed by atoms with E-state index >= 15 is 0 Å². The maximum Gasteiger partial charge on any atom is 0.244 e. The second kappa shape index (κ2) is 10.8. The van der Waals surface area contributed by atoms with Crippen molar-refractivity contribution >= 4 is 12.0 Å². The van der Waals surface area contributed by atoms with Gasteiger partial charge in [-0.05, 0) is 66.4 Å². The highest BCUT2D eigenvalue weighted by Gasteiger charge is 2.20. The lowest BCUT2D eigenvalue weighted by Gasteiger charge is -2.32. The summed E-state index contributed by atoms with van der Waals surface area (Å²) in [7, 11) is 0. The number of rotatable bonds is 7. The fourth-order valence-corrected chi connectivity index (χ4v) is 3.74. The van der Waals surface area contributed by atoms with Gasteiger partial charge in [0, 0.05) is 37.9 Å². The predicted molar refractivity (Wildman–Crippen MR) is 123 cm³/mol. The van der Waals surface area contributed by atoms with Gasteiger partial charge in [0.1, 0.15) is 11.6 Å². The van der Waals surface area contributed by atoms with E-state index in [0.29, 0.717) is 11.3 Å². The van der Waals surface area contributed by atoms with E-state index in [-0.39, 0.29) is 23.5 Å². The summed E-state index contributed by atoms with van der Waals surface area (Å²) in [4.78, 5) is 18.5. The molecule has 1 N–H and O–H groups in total. The van der Waals surface area contributed by atoms with Crippen molar-refractivity contribution in [3.63, 3.8) is 0 Å². The molecule has 3 aromatic rings. The molecule has 0 saturated carbocycles. The van der Waals surface area contributed by atoms with Crippen LogP contribution in [0.3, 0.4) is 0 Å². The van der Waals surface area contributed by atoms with Gasteiger partial charge in [-0.1, -0.05) is 18.2 Å². The highest BCUT2D eigenvalue weighted by atomic mass is 19.1. The molecule has 0 spiro atoms. The number of aromatic nitrogens is 1. The van der Waals surface area contributed by atoms with Crippen LogP contribution in [0.25, 0.3) is 6.08 Å². The van der Waals surface area contributed by atoms with Crippen LogP contribution in [-0.2, 0) is 11.3 Å². The van der Waals surface area contributed by atoms with E-state index in [2.05, 4.69) is 15.2 Å². The van der Waals surface area contributed by atoms with Crippen molar-refractivity contribution in [2.24, 2.45) is 0 Å². The number of ether oxygens (including phenoxy) is 1. The number of carbonyl (C=O) groups is 1. The van der Waals surface area contributed by atoms with Crippen LogP contribution >= 0.6 is 0 Å². The number of hydrogen-bond acceptors (Lipinski definition) is 4. The minimum atomic E-state index is -0.519. The number of nitrogens with one attached hydrogen (secondary N) is 1. The van der Waals surface area contributed by atoms with E-state index in [1.165, 1.54) is 36.5 Å². The molecule has 2 heterocycles. The minimum Gasteiger partial charge on any atom is -0.453 e. The van der Waals surface area contributed by atoms with Gasteiger partial charge >= 0.3 is 0 Å². The number of halogens is 2. The first kappa shape index (κ1) is 22.6. The molecule has 0 aliphatic carbocycles. The largest absolute Gasteiger partial charge is 0.453 e. The Hall–Kier alpha value is -3.58. The van der Waals surface area contributed by atoms with Gasteiger partial charge in [-0.3, -0.25) is 14.7 Å². The Morgan fingerprint density at radius 3 is 2.61 bits per heavy atom. The molecule has 1 amide bonds. The van der Waals surface area contributed by atoms with Crippen molar-refractivity contribution in [3.8, 4) is 11.5 Å². The minimum absolute atomic E-state index is 0.0944. The summed E-state index contributed by atoms with van der Waals surface area (Å²) in [5.41, 5.74) is 1.64. The van der Waals surface area contributed by atoms with Gasteiger partial charge in [0.25, 0.3) is 0 Å². The molecule has 1 aliphatic rings. The summed E-state index contributed by atoms with van der Waals surface area (Å²) < 4.78 is 32.9. The molecule has 0 bridgehead atoms. The maximum absolute atomic E-state index is 14.3. The van der Waals surface area contributed by atoms with Crippen molar-refractivity contribution in [1.29, 1.82) is 0 Å². The predicted octanol–water partition coefficient (Wildman–Crippen LogP) is 4.95. The standard InChI is InChI=1S/C26H25F2N3O2/c27-21-7-3-20(4-8-21)18-31-14-11-22(12-15-31)30-26(32)10-6-19-5-9-25(24(28)16-19)33-23-2-1-13-29-17-23/h1-10,13,16-17,22H,11-12,14-15,18H2,(H,30,32)/b10-6+. The first-order valence-corrected chi connectivity index (χ1v) is 10.9. The zero-order valence-electron chi connectivity index (χ0n) is 18.1. The first-order valence-electron chi connectivity index (χ1n) is 10.9. The van der Waals surface area contributed by atoms with Crippen LogP contribution in [0, 0.1) is 11.6 Å². The zero-order valence-corrected chi connectivity index (χ0v) is 18.1. The van der Waals surface area contributed by atoms with Gasteiger partial charge < -0.3 is 10.1 Å². The van der Waals surface area contributed by atoms with Gasteiger partial charge in [-0.15, -0.1) is 0 Å². The molecule has 4 rings (SSSR count). The molecule has 33 heavy (non-hydrogen) atoms. The van der Waals surface area contributed by atoms with Crippen LogP contribution in [0.5, 0.6) is 11.5 Å². The SMILES string of the molecule is O=C(/C=C/c1ccc(Oc2cccnc2)c(F)c1)NC1CCN(Cc2ccc(F)cc2)CC1. The Bertz CT molecular complexity index is 1100. The second-order valence-electron chi connectivity index (χ2n) is 8.00. The highest BCUT2D eigenvalue weighted by molar-refractivity contribution is 5.91. The maximum atomic E-state index is 14.3. The fraction of sp³-hybridized carbons (Fsp3) is 0.231. The average molecular weight is 450 g/mol. The van der Waals surface area contributed by atoms with Crippen LogP contribution in [-0.4, -0.2) is 34.9 Å². The van der Waals surface area contributed by atoms with Crippen LogP contribution in [0.1, 0.15) is 24.0 Å². The topological polar surface area (TPSA) is 54.5 Å². The number of pyridine rings is 1. The molecular weight excluding hydrogens is 424 g/mol. The van der Waals surface area contributed by atoms with Gasteiger partial charge in [0.05, 0.1) is 6.20 Å². The molecular formula is C26H25F2N3O2. The molecule has 0 atom stereocenters. The Morgan fingerprint density at radius 1 is 1.12 bits per heavy atom. The van der Waals surface area contributed by atoms with Gasteiger partial charge in [0.2, 0.25) is 5.91 Å². The summed E-state index contributed by atoms with van der Waals surface area (Å²) in [5, 5.41) is 3.01. The summed E-state index contributed by atoms with van der Waals surface area (Å²) in [5.74, 6) is -0.414. The van der Waals surface area contributed by atoms with Gasteiger partial charge in [-0.25, -0.2) is 8.78 Å². The summed E-state index contributed by atoms with van der Waals surface area (Å²) in [6.45, 7) is 2.48. The van der Waals surface area contributed by atoms with E-state index in [4.69, 9.17) is 4.74 Å². The van der Waals surface area contributed by atoms with Crippen molar-refractivity contribution in [3.05, 3.63) is 95.8 Å². The zero-order chi connectivity index (χ0) is 23.0. The highest BCUT2D eigenvalue weighted by Crippen LogP contribution is 2.25. The quantitative estimate of drug-likeness (QED) is 0.519. The van der Waals surface area contributed by atoms with E-state index in [1.54, 1.807) is 42.6 Å². The molecule has 1 aromatic heterocycles. The number of piperidine rings is 1. The van der Waals surface area contributed by atoms with E-state index in [9.17, 15) is 13.6 Å². The van der Waals surface area contributed by atoms with Crippen molar-refractivity contribution < 1.29 is 18.3 Å². The molecule has 1 fully saturated rings. The Morgan fingerprint density at radius 2 is 1.91 bits per heavy atom. The normalized spacial score (nSPS) is 15.0. The molecule has 1 saturated heterocycles. The molecule has 2 aromatic carbocycles. The number of likely N-dealkylation sites (tertiary alicyclic amines) is 1. The molecule has 170 valence electrons. The monoisotopic (exact) mass is 449 g/mol. The number of carbonyl (C=O) groups excluding carboxylic acids is 1. The Labute approximate surface area is 191 Å². The van der Waals surface area contributed by atoms with E-state index < -0.39 is 5.82 Å². The van der Waals surface area contributed by atoms with Gasteiger partial charge in [-0.2, -0.15) is 0 Å². The molecule has 0 radical (unpaired) electrons. The number of hydrogen-bond donors (Lipinski definition) is 1. The van der Waals surface area contributed by atoms with Crippen molar-refractivity contribution in [2.75, 3.05) is 13.1 Å². The molecule has 1 aliphatic heterocycles. The van der Waals surface area contributed by atoms with Crippen molar-refractivity contribution in [1.82, 2.24) is 15.2 Å². The lowest BCUT2D eigenvalue weighted by atomic mass is 10.0. The van der Waals surface area contributed by atoms with Crippen LogP contribution < -0.4 is 10.1 Å². The van der Waals surface area contributed by atoms with E-state index in [0.717, 1.165) is 38.0 Å². The smallest absolute Gasteiger partial charge is 0.244 e. The van der Waals surface area contributed by atoms with Crippen molar-refractivity contribution in [2.45, 2.75) is 25.4 Å². The van der Waals surface area contributed by atoms with Crippen LogP contribution in [0.15, 0.2) is 73.1 Å². The molecule has 5 nitrogen and oxygen atoms in total. The fourth-order valence-electron chi connectivity index (χ4n) is 3.74. The van der Waals surface area contributed by atoms with Crippen LogP contribution in [0.4, 0.5) is 8.78 Å². The first-order chi connectivity index (χ1) is 16.0. The summed E-state index contributed by atoms with van der Waals surface area (Å²) >= 11 is 0. The molecule has 0 unspecified atom stereocenters.